The number of fused-ring (bicyclic) bond motifs is 2. The Morgan fingerprint density at radius 3 is 2.70 bits per heavy atom. The van der Waals surface area contributed by atoms with Crippen molar-refractivity contribution in [3.8, 4) is 0 Å². The largest absolute Gasteiger partial charge is 0.465 e. The van der Waals surface area contributed by atoms with Crippen LogP contribution in [-0.2, 0) is 5.72 Å². The molecule has 0 bridgehead atoms. The van der Waals surface area contributed by atoms with Crippen LogP contribution in [0.2, 0.25) is 0 Å². The van der Waals surface area contributed by atoms with E-state index in [0.717, 1.165) is 32.1 Å². The zero-order valence-corrected chi connectivity index (χ0v) is 16.3. The fraction of sp³-hybridized carbons (Fsp3) is 0.318. The van der Waals surface area contributed by atoms with Gasteiger partial charge in [0.25, 0.3) is 5.91 Å². The van der Waals surface area contributed by atoms with E-state index in [-0.39, 0.29) is 17.9 Å². The number of aliphatic hydroxyl groups is 1. The average molecular weight is 406 g/mol. The number of rotatable bonds is 3. The van der Waals surface area contributed by atoms with E-state index in [1.165, 1.54) is 0 Å². The van der Waals surface area contributed by atoms with Gasteiger partial charge in [0.1, 0.15) is 0 Å². The lowest BCUT2D eigenvalue weighted by Gasteiger charge is -2.41. The molecule has 8 heteroatoms. The molecule has 1 aliphatic carbocycles. The first kappa shape index (κ1) is 18.6. The monoisotopic (exact) mass is 406 g/mol. The second kappa shape index (κ2) is 6.84. The molecular formula is C22H22N4O4. The van der Waals surface area contributed by atoms with Gasteiger partial charge >= 0.3 is 6.09 Å². The summed E-state index contributed by atoms with van der Waals surface area (Å²) in [4.78, 5) is 33.1. The Hall–Kier alpha value is -3.39. The predicted molar refractivity (Wildman–Crippen MR) is 110 cm³/mol. The Morgan fingerprint density at radius 1 is 1.17 bits per heavy atom. The Bertz CT molecular complexity index is 1150. The van der Waals surface area contributed by atoms with Gasteiger partial charge in [-0.1, -0.05) is 43.5 Å². The quantitative estimate of drug-likeness (QED) is 0.530. The van der Waals surface area contributed by atoms with Crippen molar-refractivity contribution in [2.75, 3.05) is 5.32 Å². The third kappa shape index (κ3) is 2.75. The van der Waals surface area contributed by atoms with Gasteiger partial charge in [-0.15, -0.1) is 0 Å². The van der Waals surface area contributed by atoms with E-state index >= 15 is 0 Å². The highest BCUT2D eigenvalue weighted by atomic mass is 16.4. The lowest BCUT2D eigenvalue weighted by Crippen LogP contribution is -2.51. The lowest BCUT2D eigenvalue weighted by atomic mass is 9.89. The number of carbonyl (C=O) groups is 2. The molecule has 1 aromatic heterocycles. The van der Waals surface area contributed by atoms with Crippen LogP contribution in [0.15, 0.2) is 42.5 Å². The molecule has 0 spiro atoms. The van der Waals surface area contributed by atoms with Crippen LogP contribution >= 0.6 is 0 Å². The number of anilines is 1. The van der Waals surface area contributed by atoms with E-state index in [1.54, 1.807) is 35.2 Å². The SMILES string of the molecule is O=C(O)Nc1nc2cc(C3(O)c4ccccc4C(=O)N3C3CCCCC3)ccc2[nH]1. The number of imidazole rings is 1. The van der Waals surface area contributed by atoms with Crippen LogP contribution in [0.1, 0.15) is 53.6 Å². The van der Waals surface area contributed by atoms with Gasteiger partial charge in [0.15, 0.2) is 5.72 Å². The summed E-state index contributed by atoms with van der Waals surface area (Å²) in [6.45, 7) is 0. The first-order valence-electron chi connectivity index (χ1n) is 10.1. The van der Waals surface area contributed by atoms with Crippen LogP contribution in [-0.4, -0.2) is 43.1 Å². The second-order valence-electron chi connectivity index (χ2n) is 7.93. The molecule has 2 heterocycles. The van der Waals surface area contributed by atoms with Crippen LogP contribution in [0.4, 0.5) is 10.7 Å². The molecule has 1 saturated carbocycles. The summed E-state index contributed by atoms with van der Waals surface area (Å²) in [5.41, 5.74) is 1.16. The van der Waals surface area contributed by atoms with Crippen molar-refractivity contribution in [2.45, 2.75) is 43.9 Å². The summed E-state index contributed by atoms with van der Waals surface area (Å²) in [5.74, 6) is -0.0518. The zero-order valence-electron chi connectivity index (χ0n) is 16.3. The van der Waals surface area contributed by atoms with Crippen molar-refractivity contribution in [1.29, 1.82) is 0 Å². The molecule has 1 fully saturated rings. The van der Waals surface area contributed by atoms with Gasteiger partial charge in [0.2, 0.25) is 5.95 Å². The maximum absolute atomic E-state index is 13.3. The fourth-order valence-corrected chi connectivity index (χ4v) is 4.83. The standard InChI is InChI=1S/C22H22N4O4/c27-19-15-8-4-5-9-16(15)22(30,26(19)14-6-2-1-3-7-14)13-10-11-17-18(12-13)24-20(23-17)25-21(28)29/h4-5,8-12,14,30H,1-3,6-7H2,(H,28,29)(H2,23,24,25). The average Bonchev–Trinajstić information content (AvgIpc) is 3.24. The number of H-pyrrole nitrogens is 1. The normalized spacial score (nSPS) is 21.8. The minimum atomic E-state index is -1.59. The fourth-order valence-electron chi connectivity index (χ4n) is 4.83. The smallest absolute Gasteiger partial charge is 0.411 e. The number of amides is 2. The van der Waals surface area contributed by atoms with Crippen molar-refractivity contribution < 1.29 is 19.8 Å². The summed E-state index contributed by atoms with van der Waals surface area (Å²) in [6, 6.07) is 12.4. The second-order valence-corrected chi connectivity index (χ2v) is 7.93. The summed E-state index contributed by atoms with van der Waals surface area (Å²) in [5, 5.41) is 23.2. The highest BCUT2D eigenvalue weighted by Crippen LogP contribution is 2.46. The number of aromatic nitrogens is 2. The Balaban J connectivity index is 1.65. The molecule has 1 aliphatic heterocycles. The zero-order chi connectivity index (χ0) is 20.9. The topological polar surface area (TPSA) is 119 Å². The summed E-state index contributed by atoms with van der Waals surface area (Å²) in [6.07, 6.45) is 3.71. The highest BCUT2D eigenvalue weighted by molar-refractivity contribution is 6.00. The Kier molecular flexibility index (Phi) is 4.25. The molecule has 0 radical (unpaired) electrons. The van der Waals surface area contributed by atoms with E-state index in [0.29, 0.717) is 27.7 Å². The van der Waals surface area contributed by atoms with E-state index < -0.39 is 11.8 Å². The van der Waals surface area contributed by atoms with Crippen LogP contribution in [0.3, 0.4) is 0 Å². The van der Waals surface area contributed by atoms with Crippen LogP contribution in [0.25, 0.3) is 11.0 Å². The molecule has 2 aromatic carbocycles. The molecule has 3 aromatic rings. The molecule has 1 unspecified atom stereocenters. The van der Waals surface area contributed by atoms with Gasteiger partial charge < -0.3 is 15.2 Å². The van der Waals surface area contributed by atoms with Gasteiger partial charge in [-0.3, -0.25) is 15.0 Å². The van der Waals surface area contributed by atoms with Crippen molar-refractivity contribution >= 4 is 29.0 Å². The number of carbonyl (C=O) groups excluding carboxylic acids is 1. The van der Waals surface area contributed by atoms with Gasteiger partial charge in [-0.05, 0) is 31.0 Å². The van der Waals surface area contributed by atoms with Crippen molar-refractivity contribution in [2.24, 2.45) is 0 Å². The first-order valence-corrected chi connectivity index (χ1v) is 10.1. The third-order valence-corrected chi connectivity index (χ3v) is 6.15. The Labute approximate surface area is 172 Å². The summed E-state index contributed by atoms with van der Waals surface area (Å²) in [7, 11) is 0. The summed E-state index contributed by atoms with van der Waals surface area (Å²) >= 11 is 0. The first-order chi connectivity index (χ1) is 14.5. The number of hydrogen-bond acceptors (Lipinski definition) is 4. The van der Waals surface area contributed by atoms with Crippen molar-refractivity contribution in [1.82, 2.24) is 14.9 Å². The molecule has 2 amide bonds. The highest BCUT2D eigenvalue weighted by Gasteiger charge is 2.52. The van der Waals surface area contributed by atoms with Gasteiger partial charge in [-0.25, -0.2) is 9.78 Å². The van der Waals surface area contributed by atoms with E-state index in [2.05, 4.69) is 15.3 Å². The number of carboxylic acid groups (broad SMARTS) is 1. The molecule has 8 nitrogen and oxygen atoms in total. The number of nitrogens with one attached hydrogen (secondary N) is 2. The van der Waals surface area contributed by atoms with Gasteiger partial charge in [0.05, 0.1) is 11.0 Å². The molecule has 1 atom stereocenters. The van der Waals surface area contributed by atoms with E-state index in [9.17, 15) is 14.7 Å². The van der Waals surface area contributed by atoms with Crippen LogP contribution in [0, 0.1) is 0 Å². The van der Waals surface area contributed by atoms with Crippen molar-refractivity contribution in [3.63, 3.8) is 0 Å². The molecule has 0 saturated heterocycles. The van der Waals surface area contributed by atoms with Crippen LogP contribution in [0.5, 0.6) is 0 Å². The molecule has 5 rings (SSSR count). The maximum Gasteiger partial charge on any atom is 0.411 e. The number of nitrogens with zero attached hydrogens (tertiary/aromatic N) is 2. The maximum atomic E-state index is 13.3. The minimum Gasteiger partial charge on any atom is -0.465 e. The minimum absolute atomic E-state index is 0.0391. The van der Waals surface area contributed by atoms with E-state index in [1.807, 2.05) is 12.1 Å². The van der Waals surface area contributed by atoms with Gasteiger partial charge in [0, 0.05) is 22.7 Å². The third-order valence-electron chi connectivity index (χ3n) is 6.15. The molecule has 30 heavy (non-hydrogen) atoms. The van der Waals surface area contributed by atoms with E-state index in [4.69, 9.17) is 5.11 Å². The number of aromatic amines is 1. The molecule has 2 aliphatic rings. The summed E-state index contributed by atoms with van der Waals surface area (Å²) < 4.78 is 0. The Morgan fingerprint density at radius 2 is 1.93 bits per heavy atom. The predicted octanol–water partition coefficient (Wildman–Crippen LogP) is 3.63. The van der Waals surface area contributed by atoms with Gasteiger partial charge in [-0.2, -0.15) is 0 Å². The van der Waals surface area contributed by atoms with Crippen LogP contribution < -0.4 is 5.32 Å². The molecule has 154 valence electrons. The number of hydrogen-bond donors (Lipinski definition) is 4. The molecule has 4 N–H and O–H groups in total. The lowest BCUT2D eigenvalue weighted by molar-refractivity contribution is -0.0755. The molecular weight excluding hydrogens is 384 g/mol. The number of benzene rings is 2. The van der Waals surface area contributed by atoms with Crippen molar-refractivity contribution in [3.05, 3.63) is 59.2 Å².